The Labute approximate surface area is 152 Å². The standard InChI is InChI=1S/C18H23NO6S/c20-15-11-26(22,23)10-14(15)19-5-3-12(4-6-19)18(21)13-1-2-16-17(9-13)25-8-7-24-16/h1-2,9,12,14-15,20H,3-8,10-11H2/t14?,15-/m1/s1. The van der Waals surface area contributed by atoms with Crippen molar-refractivity contribution in [3.63, 3.8) is 0 Å². The highest BCUT2D eigenvalue weighted by Gasteiger charge is 2.41. The lowest BCUT2D eigenvalue weighted by atomic mass is 9.88. The van der Waals surface area contributed by atoms with Gasteiger partial charge in [-0.15, -0.1) is 0 Å². The number of sulfone groups is 1. The monoisotopic (exact) mass is 381 g/mol. The van der Waals surface area contributed by atoms with Gasteiger partial charge in [0.1, 0.15) is 13.2 Å². The van der Waals surface area contributed by atoms with Crippen LogP contribution in [0.15, 0.2) is 18.2 Å². The number of aliphatic hydroxyl groups excluding tert-OH is 1. The van der Waals surface area contributed by atoms with E-state index in [2.05, 4.69) is 0 Å². The molecule has 0 saturated carbocycles. The van der Waals surface area contributed by atoms with Crippen molar-refractivity contribution in [2.45, 2.75) is 25.0 Å². The highest BCUT2D eigenvalue weighted by molar-refractivity contribution is 7.91. The zero-order valence-electron chi connectivity index (χ0n) is 14.5. The van der Waals surface area contributed by atoms with Crippen LogP contribution in [0.4, 0.5) is 0 Å². The van der Waals surface area contributed by atoms with Crippen molar-refractivity contribution in [2.75, 3.05) is 37.8 Å². The Morgan fingerprint density at radius 2 is 1.77 bits per heavy atom. The number of hydrogen-bond acceptors (Lipinski definition) is 7. The molecule has 26 heavy (non-hydrogen) atoms. The van der Waals surface area contributed by atoms with Crippen LogP contribution in [0.5, 0.6) is 11.5 Å². The maximum Gasteiger partial charge on any atom is 0.166 e. The van der Waals surface area contributed by atoms with Gasteiger partial charge in [-0.3, -0.25) is 9.69 Å². The second kappa shape index (κ2) is 6.83. The summed E-state index contributed by atoms with van der Waals surface area (Å²) in [7, 11) is -3.16. The molecule has 2 fully saturated rings. The number of rotatable bonds is 3. The van der Waals surface area contributed by atoms with Gasteiger partial charge in [0.05, 0.1) is 23.7 Å². The fraction of sp³-hybridized carbons (Fsp3) is 0.611. The molecule has 3 heterocycles. The van der Waals surface area contributed by atoms with Gasteiger partial charge in [0.25, 0.3) is 0 Å². The van der Waals surface area contributed by atoms with Crippen molar-refractivity contribution in [2.24, 2.45) is 5.92 Å². The summed E-state index contributed by atoms with van der Waals surface area (Å²) >= 11 is 0. The van der Waals surface area contributed by atoms with Crippen LogP contribution in [0.1, 0.15) is 23.2 Å². The summed E-state index contributed by atoms with van der Waals surface area (Å²) in [6.45, 7) is 2.24. The minimum Gasteiger partial charge on any atom is -0.486 e. The summed E-state index contributed by atoms with van der Waals surface area (Å²) in [5, 5.41) is 10.0. The minimum absolute atomic E-state index is 0.00887. The fourth-order valence-corrected chi connectivity index (χ4v) is 5.92. The second-order valence-electron chi connectivity index (χ2n) is 7.24. The fourth-order valence-electron chi connectivity index (χ4n) is 4.08. The van der Waals surface area contributed by atoms with Crippen molar-refractivity contribution < 1.29 is 27.8 Å². The summed E-state index contributed by atoms with van der Waals surface area (Å²) in [6, 6.07) is 4.95. The lowest BCUT2D eigenvalue weighted by Gasteiger charge is -2.36. The van der Waals surface area contributed by atoms with Crippen LogP contribution in [-0.2, 0) is 9.84 Å². The molecule has 3 aliphatic rings. The molecule has 1 N–H and O–H groups in total. The van der Waals surface area contributed by atoms with Gasteiger partial charge in [-0.05, 0) is 44.1 Å². The SMILES string of the molecule is O=C(c1ccc2c(c1)OCCO2)C1CCN(C2CS(=O)(=O)C[C@H]2O)CC1. The number of fused-ring (bicyclic) bond motifs is 1. The molecule has 0 aliphatic carbocycles. The molecule has 142 valence electrons. The Hall–Kier alpha value is -1.64. The molecule has 0 amide bonds. The Kier molecular flexibility index (Phi) is 4.66. The lowest BCUT2D eigenvalue weighted by Crippen LogP contribution is -2.47. The summed E-state index contributed by atoms with van der Waals surface area (Å²) in [4.78, 5) is 14.8. The summed E-state index contributed by atoms with van der Waals surface area (Å²) in [5.74, 6) is 1.12. The van der Waals surface area contributed by atoms with E-state index >= 15 is 0 Å². The van der Waals surface area contributed by atoms with Crippen LogP contribution in [0.3, 0.4) is 0 Å². The smallest absolute Gasteiger partial charge is 0.166 e. The number of ether oxygens (including phenoxy) is 2. The third-order valence-electron chi connectivity index (χ3n) is 5.49. The number of Topliss-reactive ketones (excluding diaryl/α,β-unsaturated/α-hetero) is 1. The molecule has 1 aromatic carbocycles. The van der Waals surface area contributed by atoms with Gasteiger partial charge in [0.15, 0.2) is 27.1 Å². The average molecular weight is 381 g/mol. The zero-order valence-corrected chi connectivity index (χ0v) is 15.3. The number of nitrogens with zero attached hydrogens (tertiary/aromatic N) is 1. The average Bonchev–Trinajstić information content (AvgIpc) is 2.93. The molecule has 7 nitrogen and oxygen atoms in total. The van der Waals surface area contributed by atoms with E-state index in [1.807, 2.05) is 4.90 Å². The zero-order chi connectivity index (χ0) is 18.3. The highest BCUT2D eigenvalue weighted by Crippen LogP contribution is 2.33. The number of piperidine rings is 1. The third-order valence-corrected chi connectivity index (χ3v) is 7.19. The van der Waals surface area contributed by atoms with Gasteiger partial charge in [-0.25, -0.2) is 8.42 Å². The van der Waals surface area contributed by atoms with E-state index in [0.717, 1.165) is 0 Å². The predicted molar refractivity (Wildman–Crippen MR) is 94.5 cm³/mol. The molecule has 0 radical (unpaired) electrons. The van der Waals surface area contributed by atoms with Gasteiger partial charge < -0.3 is 14.6 Å². The predicted octanol–water partition coefficient (Wildman–Crippen LogP) is 0.510. The number of carbonyl (C=O) groups is 1. The van der Waals surface area contributed by atoms with Crippen molar-refractivity contribution in [1.82, 2.24) is 4.90 Å². The largest absolute Gasteiger partial charge is 0.486 e. The molecule has 4 rings (SSSR count). The van der Waals surface area contributed by atoms with Crippen LogP contribution >= 0.6 is 0 Å². The van der Waals surface area contributed by atoms with Crippen molar-refractivity contribution in [3.05, 3.63) is 23.8 Å². The van der Waals surface area contributed by atoms with Gasteiger partial charge in [0, 0.05) is 11.5 Å². The Balaban J connectivity index is 1.39. The minimum atomic E-state index is -3.16. The first-order valence-corrected chi connectivity index (χ1v) is 10.8. The molecule has 2 saturated heterocycles. The highest BCUT2D eigenvalue weighted by atomic mass is 32.2. The number of hydrogen-bond donors (Lipinski definition) is 1. The summed E-state index contributed by atoms with van der Waals surface area (Å²) < 4.78 is 34.4. The summed E-state index contributed by atoms with van der Waals surface area (Å²) in [6.07, 6.45) is 0.498. The molecule has 8 heteroatoms. The number of carbonyl (C=O) groups excluding carboxylic acids is 1. The molecule has 0 spiro atoms. The van der Waals surface area contributed by atoms with E-state index in [0.29, 0.717) is 56.2 Å². The van der Waals surface area contributed by atoms with Gasteiger partial charge in [-0.1, -0.05) is 0 Å². The van der Waals surface area contributed by atoms with Crippen LogP contribution in [0.2, 0.25) is 0 Å². The van der Waals surface area contributed by atoms with Gasteiger partial charge in [-0.2, -0.15) is 0 Å². The molecule has 3 aliphatic heterocycles. The van der Waals surface area contributed by atoms with Gasteiger partial charge >= 0.3 is 0 Å². The molecular weight excluding hydrogens is 358 g/mol. The van der Waals surface area contributed by atoms with Crippen LogP contribution in [0.25, 0.3) is 0 Å². The van der Waals surface area contributed by atoms with E-state index in [-0.39, 0.29) is 29.2 Å². The number of aliphatic hydroxyl groups is 1. The first-order valence-electron chi connectivity index (χ1n) is 8.99. The topological polar surface area (TPSA) is 93.1 Å². The Morgan fingerprint density at radius 1 is 1.08 bits per heavy atom. The molecular formula is C18H23NO6S. The first kappa shape index (κ1) is 17.8. The quantitative estimate of drug-likeness (QED) is 0.763. The molecule has 1 aromatic rings. The van der Waals surface area contributed by atoms with Crippen molar-refractivity contribution in [3.8, 4) is 11.5 Å². The third kappa shape index (κ3) is 3.45. The number of likely N-dealkylation sites (tertiary alicyclic amines) is 1. The normalized spacial score (nSPS) is 28.8. The van der Waals surface area contributed by atoms with Gasteiger partial charge in [0.2, 0.25) is 0 Å². The van der Waals surface area contributed by atoms with E-state index in [4.69, 9.17) is 9.47 Å². The number of benzene rings is 1. The van der Waals surface area contributed by atoms with E-state index in [1.54, 1.807) is 18.2 Å². The molecule has 2 atom stereocenters. The summed E-state index contributed by atoms with van der Waals surface area (Å²) in [5.41, 5.74) is 0.621. The Bertz CT molecular complexity index is 800. The first-order chi connectivity index (χ1) is 12.4. The van der Waals surface area contributed by atoms with E-state index < -0.39 is 15.9 Å². The van der Waals surface area contributed by atoms with Crippen LogP contribution in [0, 0.1) is 5.92 Å². The van der Waals surface area contributed by atoms with Crippen molar-refractivity contribution >= 4 is 15.6 Å². The van der Waals surface area contributed by atoms with Crippen LogP contribution in [-0.4, -0.2) is 74.2 Å². The molecule has 1 unspecified atom stereocenters. The second-order valence-corrected chi connectivity index (χ2v) is 9.40. The number of ketones is 1. The maximum absolute atomic E-state index is 12.8. The van der Waals surface area contributed by atoms with Crippen molar-refractivity contribution in [1.29, 1.82) is 0 Å². The molecule has 0 bridgehead atoms. The molecule has 0 aromatic heterocycles. The van der Waals surface area contributed by atoms with E-state index in [1.165, 1.54) is 0 Å². The Morgan fingerprint density at radius 3 is 2.42 bits per heavy atom. The lowest BCUT2D eigenvalue weighted by molar-refractivity contribution is 0.0538. The maximum atomic E-state index is 12.8. The van der Waals surface area contributed by atoms with E-state index in [9.17, 15) is 18.3 Å². The van der Waals surface area contributed by atoms with Crippen LogP contribution < -0.4 is 9.47 Å².